The Kier molecular flexibility index (Phi) is 6.80. The van der Waals surface area contributed by atoms with Crippen LogP contribution >= 0.6 is 11.3 Å². The summed E-state index contributed by atoms with van der Waals surface area (Å²) in [7, 11) is -2.11. The van der Waals surface area contributed by atoms with E-state index in [-0.39, 0.29) is 10.8 Å². The largest absolute Gasteiger partial charge is 0.298 e. The SMILES string of the molecule is CNS(=O)(=O)c1ccc(/C=C/C(=O)Nc2nc3c(s2)CN(Cc2ccccc2)CC3)cc1. The van der Waals surface area contributed by atoms with Crippen molar-refractivity contribution in [1.29, 1.82) is 0 Å². The van der Waals surface area contributed by atoms with Crippen LogP contribution < -0.4 is 10.0 Å². The van der Waals surface area contributed by atoms with Crippen molar-refractivity contribution >= 4 is 38.5 Å². The fourth-order valence-electron chi connectivity index (χ4n) is 3.47. The molecule has 32 heavy (non-hydrogen) atoms. The molecule has 2 N–H and O–H groups in total. The van der Waals surface area contributed by atoms with Gasteiger partial charge in [-0.05, 0) is 36.4 Å². The highest BCUT2D eigenvalue weighted by atomic mass is 32.2. The second kappa shape index (κ2) is 9.74. The van der Waals surface area contributed by atoms with Crippen molar-refractivity contribution < 1.29 is 13.2 Å². The molecule has 1 aromatic heterocycles. The van der Waals surface area contributed by atoms with E-state index in [0.717, 1.165) is 37.3 Å². The number of rotatable bonds is 7. The number of fused-ring (bicyclic) bond motifs is 1. The molecule has 3 aromatic rings. The van der Waals surface area contributed by atoms with E-state index in [1.807, 2.05) is 6.07 Å². The standard InChI is InChI=1S/C23H24N4O3S2/c1-24-32(29,30)19-10-7-17(8-11-19)9-12-22(28)26-23-25-20-13-14-27(16-21(20)31-23)15-18-5-3-2-4-6-18/h2-12,24H,13-16H2,1H3,(H,25,26,28)/b12-9+. The smallest absolute Gasteiger partial charge is 0.250 e. The molecule has 4 rings (SSSR count). The van der Waals surface area contributed by atoms with Gasteiger partial charge in [0.05, 0.1) is 10.6 Å². The van der Waals surface area contributed by atoms with E-state index in [9.17, 15) is 13.2 Å². The Balaban J connectivity index is 1.35. The van der Waals surface area contributed by atoms with Gasteiger partial charge in [-0.1, -0.05) is 42.5 Å². The Hall–Kier alpha value is -2.85. The first-order valence-electron chi connectivity index (χ1n) is 10.2. The average Bonchev–Trinajstić information content (AvgIpc) is 3.20. The van der Waals surface area contributed by atoms with Crippen LogP contribution in [-0.4, -0.2) is 37.8 Å². The fourth-order valence-corrected chi connectivity index (χ4v) is 5.26. The van der Waals surface area contributed by atoms with Gasteiger partial charge in [0.15, 0.2) is 5.13 Å². The second-order valence-electron chi connectivity index (χ2n) is 7.43. The molecule has 2 heterocycles. The summed E-state index contributed by atoms with van der Waals surface area (Å²) >= 11 is 1.51. The van der Waals surface area contributed by atoms with Crippen molar-refractivity contribution in [1.82, 2.24) is 14.6 Å². The Morgan fingerprint density at radius 3 is 2.62 bits per heavy atom. The van der Waals surface area contributed by atoms with Gasteiger partial charge >= 0.3 is 0 Å². The zero-order valence-electron chi connectivity index (χ0n) is 17.6. The predicted octanol–water partition coefficient (Wildman–Crippen LogP) is 3.26. The molecule has 0 saturated heterocycles. The summed E-state index contributed by atoms with van der Waals surface area (Å²) in [5, 5.41) is 3.43. The highest BCUT2D eigenvalue weighted by Crippen LogP contribution is 2.29. The summed E-state index contributed by atoms with van der Waals surface area (Å²) in [5.74, 6) is -0.274. The van der Waals surface area contributed by atoms with Crippen LogP contribution in [0.2, 0.25) is 0 Å². The number of aromatic nitrogens is 1. The average molecular weight is 469 g/mol. The lowest BCUT2D eigenvalue weighted by molar-refractivity contribution is -0.111. The number of carbonyl (C=O) groups is 1. The van der Waals surface area contributed by atoms with Crippen molar-refractivity contribution in [3.05, 3.63) is 82.4 Å². The Morgan fingerprint density at radius 1 is 1.16 bits per heavy atom. The minimum Gasteiger partial charge on any atom is -0.298 e. The molecule has 7 nitrogen and oxygen atoms in total. The third-order valence-electron chi connectivity index (χ3n) is 5.18. The van der Waals surface area contributed by atoms with E-state index in [4.69, 9.17) is 0 Å². The number of benzene rings is 2. The number of sulfonamides is 1. The van der Waals surface area contributed by atoms with E-state index >= 15 is 0 Å². The number of thiazole rings is 1. The summed E-state index contributed by atoms with van der Waals surface area (Å²) in [6.07, 6.45) is 3.93. The molecule has 0 atom stereocenters. The van der Waals surface area contributed by atoms with E-state index in [2.05, 4.69) is 44.2 Å². The number of carbonyl (C=O) groups excluding carboxylic acids is 1. The van der Waals surface area contributed by atoms with Gasteiger partial charge in [0.1, 0.15) is 0 Å². The zero-order chi connectivity index (χ0) is 22.6. The van der Waals surface area contributed by atoms with Crippen LogP contribution in [-0.2, 0) is 34.3 Å². The minimum atomic E-state index is -3.47. The van der Waals surface area contributed by atoms with Gasteiger partial charge in [-0.15, -0.1) is 11.3 Å². The van der Waals surface area contributed by atoms with Crippen molar-refractivity contribution in [3.63, 3.8) is 0 Å². The summed E-state index contributed by atoms with van der Waals surface area (Å²) in [4.78, 5) is 20.7. The number of anilines is 1. The molecule has 1 amide bonds. The van der Waals surface area contributed by atoms with Gasteiger partial charge in [-0.25, -0.2) is 18.1 Å². The molecule has 2 aromatic carbocycles. The predicted molar refractivity (Wildman–Crippen MR) is 127 cm³/mol. The van der Waals surface area contributed by atoms with E-state index in [1.165, 1.54) is 47.0 Å². The first-order chi connectivity index (χ1) is 15.4. The quantitative estimate of drug-likeness (QED) is 0.520. The molecule has 9 heteroatoms. The summed E-state index contributed by atoms with van der Waals surface area (Å²) in [6, 6.07) is 16.7. The van der Waals surface area contributed by atoms with Crippen LogP contribution in [0.5, 0.6) is 0 Å². The van der Waals surface area contributed by atoms with Gasteiger partial charge in [0, 0.05) is 37.0 Å². The zero-order valence-corrected chi connectivity index (χ0v) is 19.2. The number of hydrogen-bond donors (Lipinski definition) is 2. The Bertz CT molecular complexity index is 1220. The molecule has 0 spiro atoms. The summed E-state index contributed by atoms with van der Waals surface area (Å²) in [5.41, 5.74) is 3.07. The van der Waals surface area contributed by atoms with Crippen LogP contribution in [0.4, 0.5) is 5.13 Å². The van der Waals surface area contributed by atoms with Crippen LogP contribution in [0.3, 0.4) is 0 Å². The number of hydrogen-bond acceptors (Lipinski definition) is 6. The molecule has 0 saturated carbocycles. The lowest BCUT2D eigenvalue weighted by atomic mass is 10.1. The van der Waals surface area contributed by atoms with Gasteiger partial charge in [-0.3, -0.25) is 15.0 Å². The van der Waals surface area contributed by atoms with Crippen LogP contribution in [0.25, 0.3) is 6.08 Å². The molecule has 0 fully saturated rings. The van der Waals surface area contributed by atoms with Crippen molar-refractivity contribution in [2.45, 2.75) is 24.4 Å². The van der Waals surface area contributed by atoms with Gasteiger partial charge in [-0.2, -0.15) is 0 Å². The number of nitrogens with one attached hydrogen (secondary N) is 2. The molecule has 0 unspecified atom stereocenters. The highest BCUT2D eigenvalue weighted by molar-refractivity contribution is 7.89. The maximum absolute atomic E-state index is 12.3. The lowest BCUT2D eigenvalue weighted by Crippen LogP contribution is -2.29. The monoisotopic (exact) mass is 468 g/mol. The fraction of sp³-hybridized carbons (Fsp3) is 0.217. The van der Waals surface area contributed by atoms with Crippen LogP contribution in [0.1, 0.15) is 21.7 Å². The Labute approximate surface area is 191 Å². The van der Waals surface area contributed by atoms with Gasteiger partial charge < -0.3 is 0 Å². The minimum absolute atomic E-state index is 0.177. The third-order valence-corrected chi connectivity index (χ3v) is 7.60. The first kappa shape index (κ1) is 22.3. The summed E-state index contributed by atoms with van der Waals surface area (Å²) in [6.45, 7) is 2.67. The van der Waals surface area contributed by atoms with Gasteiger partial charge in [0.2, 0.25) is 15.9 Å². The van der Waals surface area contributed by atoms with E-state index < -0.39 is 10.0 Å². The lowest BCUT2D eigenvalue weighted by Gasteiger charge is -2.25. The summed E-state index contributed by atoms with van der Waals surface area (Å²) < 4.78 is 25.8. The van der Waals surface area contributed by atoms with Crippen molar-refractivity contribution in [2.24, 2.45) is 0 Å². The molecule has 166 valence electrons. The molecule has 1 aliphatic rings. The maximum atomic E-state index is 12.3. The normalized spacial score (nSPS) is 14.4. The number of amides is 1. The first-order valence-corrected chi connectivity index (χ1v) is 12.5. The van der Waals surface area contributed by atoms with E-state index in [0.29, 0.717) is 5.13 Å². The second-order valence-corrected chi connectivity index (χ2v) is 10.4. The van der Waals surface area contributed by atoms with Crippen molar-refractivity contribution in [2.75, 3.05) is 18.9 Å². The molecular weight excluding hydrogens is 444 g/mol. The maximum Gasteiger partial charge on any atom is 0.250 e. The molecule has 0 radical (unpaired) electrons. The molecular formula is C23H24N4O3S2. The van der Waals surface area contributed by atoms with Crippen LogP contribution in [0, 0.1) is 0 Å². The van der Waals surface area contributed by atoms with Crippen molar-refractivity contribution in [3.8, 4) is 0 Å². The highest BCUT2D eigenvalue weighted by Gasteiger charge is 2.21. The topological polar surface area (TPSA) is 91.4 Å². The van der Waals surface area contributed by atoms with Crippen LogP contribution in [0.15, 0.2) is 65.6 Å². The molecule has 0 bridgehead atoms. The van der Waals surface area contributed by atoms with E-state index in [1.54, 1.807) is 18.2 Å². The number of nitrogens with zero attached hydrogens (tertiary/aromatic N) is 2. The molecule has 0 aliphatic carbocycles. The third kappa shape index (κ3) is 5.49. The van der Waals surface area contributed by atoms with Gasteiger partial charge in [0.25, 0.3) is 0 Å². The Morgan fingerprint density at radius 2 is 1.91 bits per heavy atom. The molecule has 1 aliphatic heterocycles.